The van der Waals surface area contributed by atoms with Gasteiger partial charge in [-0.3, -0.25) is 4.79 Å². The van der Waals surface area contributed by atoms with Gasteiger partial charge in [0.25, 0.3) is 0 Å². The SMILES string of the molecule is N[C@@H]1CCCC[C@H]1N.O=C(O)CC(O)(C(=O)O)C(O)C(=O)O.O=C([O-])C(=O)[O-].[Pt+2]. The molecule has 0 saturated heterocycles. The van der Waals surface area contributed by atoms with E-state index in [1.165, 1.54) is 12.8 Å². The topological polar surface area (TPSA) is 285 Å². The first-order chi connectivity index (χ1) is 12.7. The zero-order valence-electron chi connectivity index (χ0n) is 14.8. The van der Waals surface area contributed by atoms with Crippen molar-refractivity contribution in [3.8, 4) is 0 Å². The zero-order chi connectivity index (χ0) is 22.7. The predicted molar refractivity (Wildman–Crippen MR) is 82.9 cm³/mol. The molecule has 14 nitrogen and oxygen atoms in total. The second-order valence-corrected chi connectivity index (χ2v) is 5.73. The second kappa shape index (κ2) is 14.8. The van der Waals surface area contributed by atoms with Crippen molar-refractivity contribution in [2.45, 2.75) is 55.9 Å². The molecule has 1 fully saturated rings. The van der Waals surface area contributed by atoms with E-state index in [2.05, 4.69) is 0 Å². The summed E-state index contributed by atoms with van der Waals surface area (Å²) in [5.41, 5.74) is 8.08. The van der Waals surface area contributed by atoms with Gasteiger partial charge in [-0.1, -0.05) is 12.8 Å². The minimum absolute atomic E-state index is 0. The fourth-order valence-electron chi connectivity index (χ4n) is 1.91. The molecular weight excluding hydrogens is 583 g/mol. The van der Waals surface area contributed by atoms with Gasteiger partial charge in [-0.15, -0.1) is 0 Å². The molecule has 0 spiro atoms. The number of carboxylic acids is 5. The van der Waals surface area contributed by atoms with Crippen LogP contribution >= 0.6 is 0 Å². The summed E-state index contributed by atoms with van der Waals surface area (Å²) in [7, 11) is 0. The van der Waals surface area contributed by atoms with Gasteiger partial charge in [-0.25, -0.2) is 9.59 Å². The van der Waals surface area contributed by atoms with Crippen molar-refractivity contribution in [2.75, 3.05) is 0 Å². The van der Waals surface area contributed by atoms with E-state index in [0.29, 0.717) is 0 Å². The number of carboxylic acid groups (broad SMARTS) is 5. The van der Waals surface area contributed by atoms with Crippen LogP contribution in [0.1, 0.15) is 32.1 Å². The Labute approximate surface area is 178 Å². The molecule has 0 bridgehead atoms. The van der Waals surface area contributed by atoms with Crippen molar-refractivity contribution in [1.29, 1.82) is 0 Å². The number of rotatable bonds is 5. The summed E-state index contributed by atoms with van der Waals surface area (Å²) < 4.78 is 0. The molecule has 1 saturated carbocycles. The van der Waals surface area contributed by atoms with Crippen LogP contribution in [0.5, 0.6) is 0 Å². The van der Waals surface area contributed by atoms with Crippen LogP contribution in [-0.2, 0) is 45.0 Å². The number of hydrogen-bond acceptors (Lipinski definition) is 11. The number of hydrogen-bond donors (Lipinski definition) is 7. The summed E-state index contributed by atoms with van der Waals surface area (Å²) >= 11 is 0. The summed E-state index contributed by atoms with van der Waals surface area (Å²) in [5.74, 6) is -10.2. The number of carbonyl (C=O) groups is 5. The number of carbonyl (C=O) groups excluding carboxylic acids is 2. The molecule has 0 heterocycles. The standard InChI is InChI=1S/C6H14N2.C6H8O8.C2H2O4.Pt/c7-5-3-1-2-4-6(5)8;7-2(8)1-6(14,5(12)13)3(9)4(10)11;3-1(4)2(5)6;/h5-6H,1-4,7-8H2;3,9,14H,1H2,(H,7,8)(H,10,11)(H,12,13);(H,3,4)(H,5,6);/q;;;+2/p-2/t5-,6-;;;/m1.../s1. The molecule has 0 aromatic heterocycles. The van der Waals surface area contributed by atoms with Crippen LogP contribution in [0.4, 0.5) is 0 Å². The molecule has 0 aliphatic heterocycles. The fraction of sp³-hybridized carbons (Fsp3) is 0.643. The van der Waals surface area contributed by atoms with E-state index in [1.807, 2.05) is 0 Å². The van der Waals surface area contributed by atoms with Crippen molar-refractivity contribution in [2.24, 2.45) is 11.5 Å². The fourth-order valence-corrected chi connectivity index (χ4v) is 1.91. The molecule has 0 amide bonds. The van der Waals surface area contributed by atoms with E-state index in [9.17, 15) is 14.4 Å². The number of aliphatic carboxylic acids is 5. The molecule has 0 aromatic carbocycles. The number of aliphatic hydroxyl groups is 2. The molecule has 4 atom stereocenters. The Bertz CT molecular complexity index is 565. The van der Waals surface area contributed by atoms with Gasteiger partial charge in [0.1, 0.15) is 0 Å². The molecule has 0 radical (unpaired) electrons. The van der Waals surface area contributed by atoms with E-state index in [1.54, 1.807) is 0 Å². The molecule has 29 heavy (non-hydrogen) atoms. The first-order valence-electron chi connectivity index (χ1n) is 7.68. The Kier molecular flexibility index (Phi) is 16.1. The minimum Gasteiger partial charge on any atom is -0.543 e. The maximum atomic E-state index is 10.4. The summed E-state index contributed by atoms with van der Waals surface area (Å²) in [4.78, 5) is 48.5. The Morgan fingerprint density at radius 3 is 1.45 bits per heavy atom. The van der Waals surface area contributed by atoms with Crippen LogP contribution in [-0.4, -0.2) is 79.2 Å². The van der Waals surface area contributed by atoms with Gasteiger partial charge in [0.2, 0.25) is 5.60 Å². The van der Waals surface area contributed by atoms with Gasteiger partial charge in [0.05, 0.1) is 18.4 Å². The summed E-state index contributed by atoms with van der Waals surface area (Å²) in [6.07, 6.45) is 0.693. The zero-order valence-corrected chi connectivity index (χ0v) is 17.1. The van der Waals surface area contributed by atoms with Gasteiger partial charge in [0.15, 0.2) is 6.10 Å². The Morgan fingerprint density at radius 2 is 1.28 bits per heavy atom. The van der Waals surface area contributed by atoms with E-state index < -0.39 is 48.0 Å². The molecular formula is C14H22N2O12Pt. The minimum atomic E-state index is -3.22. The van der Waals surface area contributed by atoms with Crippen LogP contribution in [0.15, 0.2) is 0 Å². The van der Waals surface area contributed by atoms with Gasteiger partial charge in [-0.05, 0) is 12.8 Å². The van der Waals surface area contributed by atoms with E-state index in [4.69, 9.17) is 56.8 Å². The normalized spacial score (nSPS) is 20.6. The summed E-state index contributed by atoms with van der Waals surface area (Å²) in [5, 5.41) is 60.5. The third-order valence-corrected chi connectivity index (χ3v) is 3.52. The Hall–Kier alpha value is -2.12. The molecule has 1 aliphatic rings. The van der Waals surface area contributed by atoms with Gasteiger partial charge in [-0.2, -0.15) is 0 Å². The van der Waals surface area contributed by atoms with Crippen LogP contribution in [0, 0.1) is 0 Å². The van der Waals surface area contributed by atoms with Crippen molar-refractivity contribution in [3.05, 3.63) is 0 Å². The maximum absolute atomic E-state index is 10.4. The van der Waals surface area contributed by atoms with Crippen LogP contribution in [0.2, 0.25) is 0 Å². The first kappa shape index (κ1) is 31.6. The molecule has 170 valence electrons. The smallest absolute Gasteiger partial charge is 0.543 e. The van der Waals surface area contributed by atoms with Crippen LogP contribution in [0.25, 0.3) is 0 Å². The average molecular weight is 605 g/mol. The Balaban J connectivity index is -0.000000381. The quantitative estimate of drug-likeness (QED) is 0.144. The second-order valence-electron chi connectivity index (χ2n) is 5.73. The maximum Gasteiger partial charge on any atom is 2.00 e. The number of nitrogens with two attached hydrogens (primary N) is 2. The molecule has 1 rings (SSSR count). The number of aliphatic hydroxyl groups excluding tert-OH is 1. The van der Waals surface area contributed by atoms with Gasteiger partial charge >= 0.3 is 39.0 Å². The van der Waals surface area contributed by atoms with Crippen LogP contribution in [0.3, 0.4) is 0 Å². The average Bonchev–Trinajstić information content (AvgIpc) is 2.57. The Morgan fingerprint density at radius 1 is 0.931 bits per heavy atom. The first-order valence-corrected chi connectivity index (χ1v) is 7.68. The molecule has 2 unspecified atom stereocenters. The van der Waals surface area contributed by atoms with E-state index in [-0.39, 0.29) is 33.1 Å². The monoisotopic (exact) mass is 605 g/mol. The van der Waals surface area contributed by atoms with Gasteiger partial charge in [0, 0.05) is 12.1 Å². The van der Waals surface area contributed by atoms with Gasteiger partial charge < -0.3 is 56.8 Å². The third kappa shape index (κ3) is 12.9. The summed E-state index contributed by atoms with van der Waals surface area (Å²) in [6.45, 7) is 0. The predicted octanol–water partition coefficient (Wildman–Crippen LogP) is -5.58. The van der Waals surface area contributed by atoms with Crippen molar-refractivity contribution < 1.29 is 80.8 Å². The third-order valence-electron chi connectivity index (χ3n) is 3.52. The van der Waals surface area contributed by atoms with Crippen LogP contribution < -0.4 is 21.7 Å². The molecule has 9 N–H and O–H groups in total. The van der Waals surface area contributed by atoms with Crippen molar-refractivity contribution >= 4 is 29.8 Å². The van der Waals surface area contributed by atoms with Crippen molar-refractivity contribution in [3.63, 3.8) is 0 Å². The largest absolute Gasteiger partial charge is 2.00 e. The molecule has 1 aliphatic carbocycles. The molecule has 15 heteroatoms. The summed E-state index contributed by atoms with van der Waals surface area (Å²) in [6, 6.07) is 0.562. The van der Waals surface area contributed by atoms with Crippen molar-refractivity contribution in [1.82, 2.24) is 0 Å². The van der Waals surface area contributed by atoms with E-state index in [0.717, 1.165) is 12.8 Å². The van der Waals surface area contributed by atoms with E-state index >= 15 is 0 Å². The molecule has 0 aromatic rings.